The minimum atomic E-state index is -0.303. The van der Waals surface area contributed by atoms with Gasteiger partial charge >= 0.3 is 0 Å². The van der Waals surface area contributed by atoms with Crippen LogP contribution in [0.4, 0.5) is 0 Å². The van der Waals surface area contributed by atoms with Crippen LogP contribution in [0.25, 0.3) is 17.0 Å². The molecule has 1 amide bonds. The number of pyridine rings is 1. The van der Waals surface area contributed by atoms with Crippen molar-refractivity contribution in [3.8, 4) is 0 Å². The monoisotopic (exact) mass is 312 g/mol. The summed E-state index contributed by atoms with van der Waals surface area (Å²) in [6.07, 6.45) is 4.81. The van der Waals surface area contributed by atoms with Crippen molar-refractivity contribution in [1.29, 1.82) is 0 Å². The van der Waals surface area contributed by atoms with Crippen molar-refractivity contribution in [1.82, 2.24) is 9.88 Å². The van der Waals surface area contributed by atoms with Gasteiger partial charge in [-0.3, -0.25) is 9.78 Å². The Kier molecular flexibility index (Phi) is 4.69. The second-order valence-corrected chi connectivity index (χ2v) is 5.73. The highest BCUT2D eigenvalue weighted by molar-refractivity contribution is 5.95. The van der Waals surface area contributed by atoms with Gasteiger partial charge in [0.1, 0.15) is 0 Å². The number of fused-ring (bicyclic) bond motifs is 1. The Hall–Kier alpha value is -2.24. The van der Waals surface area contributed by atoms with Crippen molar-refractivity contribution in [2.75, 3.05) is 19.8 Å². The maximum absolute atomic E-state index is 12.5. The Morgan fingerprint density at radius 2 is 2.26 bits per heavy atom. The fourth-order valence-electron chi connectivity index (χ4n) is 2.75. The normalized spacial score (nSPS) is 21.9. The van der Waals surface area contributed by atoms with Gasteiger partial charge in [0.05, 0.1) is 30.9 Å². The zero-order valence-corrected chi connectivity index (χ0v) is 13.1. The summed E-state index contributed by atoms with van der Waals surface area (Å²) in [5.74, 6) is -0.0767. The average molecular weight is 312 g/mol. The molecule has 0 spiro atoms. The predicted octanol–water partition coefficient (Wildman–Crippen LogP) is 1.86. The number of hydrogen-bond acceptors (Lipinski definition) is 4. The number of aromatic nitrogens is 1. The predicted molar refractivity (Wildman–Crippen MR) is 88.8 cm³/mol. The third kappa shape index (κ3) is 3.41. The van der Waals surface area contributed by atoms with E-state index in [0.717, 1.165) is 16.5 Å². The summed E-state index contributed by atoms with van der Waals surface area (Å²) in [6.45, 7) is 2.72. The molecule has 5 nitrogen and oxygen atoms in total. The van der Waals surface area contributed by atoms with Gasteiger partial charge in [0.15, 0.2) is 0 Å². The number of para-hydroxylation sites is 1. The first-order chi connectivity index (χ1) is 11.2. The Morgan fingerprint density at radius 1 is 1.43 bits per heavy atom. The number of amides is 1. The van der Waals surface area contributed by atoms with Crippen molar-refractivity contribution >= 4 is 22.9 Å². The van der Waals surface area contributed by atoms with Gasteiger partial charge in [0, 0.05) is 29.8 Å². The van der Waals surface area contributed by atoms with Gasteiger partial charge < -0.3 is 14.7 Å². The van der Waals surface area contributed by atoms with Gasteiger partial charge in [-0.2, -0.15) is 0 Å². The van der Waals surface area contributed by atoms with Crippen LogP contribution in [0.1, 0.15) is 12.5 Å². The first-order valence-corrected chi connectivity index (χ1v) is 7.74. The molecule has 2 heterocycles. The first-order valence-electron chi connectivity index (χ1n) is 7.74. The zero-order valence-electron chi connectivity index (χ0n) is 13.1. The van der Waals surface area contributed by atoms with Crippen LogP contribution in [0.2, 0.25) is 0 Å². The van der Waals surface area contributed by atoms with Gasteiger partial charge in [-0.25, -0.2) is 0 Å². The van der Waals surface area contributed by atoms with Crippen LogP contribution in [-0.2, 0) is 9.53 Å². The summed E-state index contributed by atoms with van der Waals surface area (Å²) < 4.78 is 5.46. The molecule has 120 valence electrons. The third-order valence-electron chi connectivity index (χ3n) is 4.06. The number of carbonyl (C=O) groups excluding carboxylic acids is 1. The molecule has 3 rings (SSSR count). The van der Waals surface area contributed by atoms with E-state index in [9.17, 15) is 9.90 Å². The van der Waals surface area contributed by atoms with E-state index >= 15 is 0 Å². The molecule has 1 aromatic heterocycles. The number of nitrogens with zero attached hydrogens (tertiary/aromatic N) is 2. The number of aliphatic hydroxyl groups excluding tert-OH is 1. The highest BCUT2D eigenvalue weighted by atomic mass is 16.5. The third-order valence-corrected chi connectivity index (χ3v) is 4.06. The molecule has 1 fully saturated rings. The lowest BCUT2D eigenvalue weighted by molar-refractivity contribution is -0.140. The zero-order chi connectivity index (χ0) is 16.2. The van der Waals surface area contributed by atoms with Crippen LogP contribution in [0, 0.1) is 0 Å². The second-order valence-electron chi connectivity index (χ2n) is 5.73. The summed E-state index contributed by atoms with van der Waals surface area (Å²) in [5, 5.41) is 10.3. The van der Waals surface area contributed by atoms with E-state index < -0.39 is 0 Å². The molecule has 1 aliphatic rings. The molecule has 0 saturated carbocycles. The van der Waals surface area contributed by atoms with Crippen LogP contribution in [0.5, 0.6) is 0 Å². The van der Waals surface area contributed by atoms with Crippen molar-refractivity contribution in [3.05, 3.63) is 48.2 Å². The molecular weight excluding hydrogens is 292 g/mol. The molecule has 1 aromatic carbocycles. The Labute approximate surface area is 135 Å². The van der Waals surface area contributed by atoms with Crippen LogP contribution >= 0.6 is 0 Å². The molecule has 0 bridgehead atoms. The molecule has 0 aliphatic carbocycles. The molecule has 2 aromatic rings. The first kappa shape index (κ1) is 15.6. The highest BCUT2D eigenvalue weighted by Gasteiger charge is 2.27. The van der Waals surface area contributed by atoms with E-state index in [4.69, 9.17) is 4.74 Å². The lowest BCUT2D eigenvalue weighted by Crippen LogP contribution is -2.51. The maximum atomic E-state index is 12.5. The molecule has 2 unspecified atom stereocenters. The lowest BCUT2D eigenvalue weighted by Gasteiger charge is -2.36. The number of morpholine rings is 1. The fourth-order valence-corrected chi connectivity index (χ4v) is 2.75. The Morgan fingerprint density at radius 3 is 3.09 bits per heavy atom. The number of hydrogen-bond donors (Lipinski definition) is 1. The minimum Gasteiger partial charge on any atom is -0.394 e. The van der Waals surface area contributed by atoms with Crippen molar-refractivity contribution < 1.29 is 14.6 Å². The Bertz CT molecular complexity index is 724. The molecule has 0 radical (unpaired) electrons. The molecule has 2 atom stereocenters. The van der Waals surface area contributed by atoms with E-state index in [-0.39, 0.29) is 24.7 Å². The van der Waals surface area contributed by atoms with E-state index in [1.54, 1.807) is 23.2 Å². The topological polar surface area (TPSA) is 62.7 Å². The van der Waals surface area contributed by atoms with Crippen LogP contribution in [-0.4, -0.2) is 52.8 Å². The largest absolute Gasteiger partial charge is 0.394 e. The lowest BCUT2D eigenvalue weighted by atomic mass is 10.1. The molecular formula is C18H20N2O3. The molecule has 1 aliphatic heterocycles. The SMILES string of the molecule is CC1COC(CO)CN1C(=O)/C=C/c1cccc2cccnc12. The van der Waals surface area contributed by atoms with Crippen molar-refractivity contribution in [2.45, 2.75) is 19.1 Å². The van der Waals surface area contributed by atoms with Gasteiger partial charge in [-0.05, 0) is 19.1 Å². The van der Waals surface area contributed by atoms with Gasteiger partial charge in [-0.1, -0.05) is 24.3 Å². The number of aliphatic hydroxyl groups is 1. The number of rotatable bonds is 3. The maximum Gasteiger partial charge on any atom is 0.246 e. The molecule has 1 N–H and O–H groups in total. The van der Waals surface area contributed by atoms with Crippen LogP contribution < -0.4 is 0 Å². The molecule has 5 heteroatoms. The smallest absolute Gasteiger partial charge is 0.246 e. The van der Waals surface area contributed by atoms with Gasteiger partial charge in [0.2, 0.25) is 5.91 Å². The van der Waals surface area contributed by atoms with E-state index in [1.165, 1.54) is 0 Å². The van der Waals surface area contributed by atoms with Crippen LogP contribution in [0.3, 0.4) is 0 Å². The number of ether oxygens (including phenoxy) is 1. The average Bonchev–Trinajstić information content (AvgIpc) is 2.60. The summed E-state index contributed by atoms with van der Waals surface area (Å²) in [6, 6.07) is 9.78. The summed E-state index contributed by atoms with van der Waals surface area (Å²) >= 11 is 0. The molecule has 1 saturated heterocycles. The van der Waals surface area contributed by atoms with E-state index in [1.807, 2.05) is 37.3 Å². The van der Waals surface area contributed by atoms with Crippen molar-refractivity contribution in [3.63, 3.8) is 0 Å². The van der Waals surface area contributed by atoms with E-state index in [0.29, 0.717) is 13.2 Å². The van der Waals surface area contributed by atoms with E-state index in [2.05, 4.69) is 4.98 Å². The Balaban J connectivity index is 1.79. The van der Waals surface area contributed by atoms with Crippen molar-refractivity contribution in [2.24, 2.45) is 0 Å². The minimum absolute atomic E-state index is 0.000549. The summed E-state index contributed by atoms with van der Waals surface area (Å²) in [4.78, 5) is 18.6. The number of benzene rings is 1. The number of carbonyl (C=O) groups is 1. The molecule has 23 heavy (non-hydrogen) atoms. The van der Waals surface area contributed by atoms with Gasteiger partial charge in [0.25, 0.3) is 0 Å². The highest BCUT2D eigenvalue weighted by Crippen LogP contribution is 2.18. The second kappa shape index (κ2) is 6.89. The van der Waals surface area contributed by atoms with Crippen LogP contribution in [0.15, 0.2) is 42.6 Å². The van der Waals surface area contributed by atoms with Gasteiger partial charge in [-0.15, -0.1) is 0 Å². The standard InChI is InChI=1S/C18H20N2O3/c1-13-12-23-16(11-21)10-20(13)17(22)8-7-15-5-2-4-14-6-3-9-19-18(14)15/h2-9,13,16,21H,10-12H2,1H3/b8-7+. The summed E-state index contributed by atoms with van der Waals surface area (Å²) in [7, 11) is 0. The fraction of sp³-hybridized carbons (Fsp3) is 0.333. The quantitative estimate of drug-likeness (QED) is 0.879. The summed E-state index contributed by atoms with van der Waals surface area (Å²) in [5.41, 5.74) is 1.79.